The van der Waals surface area contributed by atoms with E-state index in [9.17, 15) is 9.00 Å². The van der Waals surface area contributed by atoms with E-state index in [0.717, 1.165) is 31.4 Å². The summed E-state index contributed by atoms with van der Waals surface area (Å²) in [5.41, 5.74) is 0.856. The summed E-state index contributed by atoms with van der Waals surface area (Å²) in [7, 11) is 1.38. The van der Waals surface area contributed by atoms with Crippen LogP contribution in [0.1, 0.15) is 44.8 Å². The smallest absolute Gasteiger partial charge is 0.330 e. The number of methoxy groups -OCH3 is 1. The molecular weight excluding hydrogens is 306 g/mol. The molecule has 8 heteroatoms. The standard InChI is InChI=1S/C14H25N3O4S/c1-11(2)13(14(18)20-3)17-10-12(15-16-17)8-6-5-7-9-21-22(4)19/h10-11,13H,5-9H2,1-4H3. The molecule has 0 spiro atoms. The highest BCUT2D eigenvalue weighted by Crippen LogP contribution is 2.18. The number of nitrogens with zero attached hydrogens (tertiary/aromatic N) is 3. The van der Waals surface area contributed by atoms with E-state index in [1.165, 1.54) is 13.4 Å². The van der Waals surface area contributed by atoms with Crippen molar-refractivity contribution in [2.24, 2.45) is 5.92 Å². The Morgan fingerprint density at radius 2 is 2.09 bits per heavy atom. The molecule has 0 aliphatic heterocycles. The van der Waals surface area contributed by atoms with Gasteiger partial charge in [0.15, 0.2) is 17.1 Å². The fourth-order valence-corrected chi connectivity index (χ4v) is 2.48. The first-order valence-electron chi connectivity index (χ1n) is 7.41. The van der Waals surface area contributed by atoms with E-state index in [4.69, 9.17) is 8.92 Å². The van der Waals surface area contributed by atoms with Gasteiger partial charge in [-0.15, -0.1) is 5.10 Å². The molecule has 7 nitrogen and oxygen atoms in total. The minimum Gasteiger partial charge on any atom is -0.467 e. The zero-order chi connectivity index (χ0) is 16.5. The van der Waals surface area contributed by atoms with Crippen LogP contribution in [-0.4, -0.2) is 45.1 Å². The maximum atomic E-state index is 11.8. The molecule has 0 N–H and O–H groups in total. The molecule has 0 bridgehead atoms. The molecule has 0 saturated carbocycles. The summed E-state index contributed by atoms with van der Waals surface area (Å²) in [5.74, 6) is -0.231. The Labute approximate surface area is 134 Å². The number of ether oxygens (including phenoxy) is 1. The number of hydrogen-bond acceptors (Lipinski definition) is 6. The molecular formula is C14H25N3O4S. The third-order valence-electron chi connectivity index (χ3n) is 3.24. The predicted molar refractivity (Wildman–Crippen MR) is 83.5 cm³/mol. The van der Waals surface area contributed by atoms with Gasteiger partial charge >= 0.3 is 5.97 Å². The third-order valence-corrected chi connectivity index (χ3v) is 3.74. The maximum Gasteiger partial charge on any atom is 0.330 e. The first kappa shape index (κ1) is 18.8. The molecule has 1 heterocycles. The molecule has 1 rings (SSSR count). The van der Waals surface area contributed by atoms with Gasteiger partial charge in [0.1, 0.15) is 0 Å². The van der Waals surface area contributed by atoms with Crippen LogP contribution in [0.4, 0.5) is 0 Å². The molecule has 0 amide bonds. The van der Waals surface area contributed by atoms with Crippen LogP contribution in [0.15, 0.2) is 6.20 Å². The van der Waals surface area contributed by atoms with Crippen LogP contribution in [0.3, 0.4) is 0 Å². The van der Waals surface area contributed by atoms with Crippen molar-refractivity contribution in [1.82, 2.24) is 15.0 Å². The lowest BCUT2D eigenvalue weighted by Gasteiger charge is -2.17. The minimum atomic E-state index is -1.19. The van der Waals surface area contributed by atoms with Gasteiger partial charge in [0, 0.05) is 12.5 Å². The van der Waals surface area contributed by atoms with Gasteiger partial charge in [-0.1, -0.05) is 25.5 Å². The van der Waals surface area contributed by atoms with E-state index < -0.39 is 17.1 Å². The topological polar surface area (TPSA) is 83.3 Å². The molecule has 1 aromatic rings. The van der Waals surface area contributed by atoms with Crippen molar-refractivity contribution >= 4 is 17.0 Å². The zero-order valence-corrected chi connectivity index (χ0v) is 14.5. The maximum absolute atomic E-state index is 11.8. The van der Waals surface area contributed by atoms with Crippen molar-refractivity contribution in [3.8, 4) is 0 Å². The Morgan fingerprint density at radius 1 is 1.36 bits per heavy atom. The summed E-state index contributed by atoms with van der Waals surface area (Å²) in [4.78, 5) is 11.8. The summed E-state index contributed by atoms with van der Waals surface area (Å²) < 4.78 is 22.1. The van der Waals surface area contributed by atoms with Gasteiger partial charge in [-0.3, -0.25) is 4.18 Å². The molecule has 0 aliphatic rings. The SMILES string of the molecule is COC(=O)C(C(C)C)n1cc(CCCCCOS(C)=O)nn1. The van der Waals surface area contributed by atoms with Crippen LogP contribution in [-0.2, 0) is 31.2 Å². The molecule has 126 valence electrons. The first-order valence-corrected chi connectivity index (χ1v) is 8.89. The molecule has 0 aliphatic carbocycles. The van der Waals surface area contributed by atoms with Crippen LogP contribution < -0.4 is 0 Å². The van der Waals surface area contributed by atoms with Crippen molar-refractivity contribution in [3.63, 3.8) is 0 Å². The average molecular weight is 331 g/mol. The average Bonchev–Trinajstić information content (AvgIpc) is 2.90. The van der Waals surface area contributed by atoms with E-state index in [1.54, 1.807) is 10.9 Å². The van der Waals surface area contributed by atoms with Gasteiger partial charge in [-0.2, -0.15) is 0 Å². The van der Waals surface area contributed by atoms with E-state index in [0.29, 0.717) is 6.61 Å². The summed E-state index contributed by atoms with van der Waals surface area (Å²) >= 11 is -1.19. The highest BCUT2D eigenvalue weighted by molar-refractivity contribution is 7.79. The van der Waals surface area contributed by atoms with Gasteiger partial charge in [0.05, 0.1) is 19.4 Å². The Balaban J connectivity index is 2.43. The molecule has 22 heavy (non-hydrogen) atoms. The lowest BCUT2D eigenvalue weighted by atomic mass is 10.1. The monoisotopic (exact) mass is 331 g/mol. The molecule has 2 unspecified atom stereocenters. The van der Waals surface area contributed by atoms with Crippen molar-refractivity contribution in [2.75, 3.05) is 20.0 Å². The number of carbonyl (C=O) groups is 1. The van der Waals surface area contributed by atoms with Crippen molar-refractivity contribution in [1.29, 1.82) is 0 Å². The highest BCUT2D eigenvalue weighted by Gasteiger charge is 2.26. The normalized spacial score (nSPS) is 14.0. The fourth-order valence-electron chi connectivity index (χ4n) is 2.13. The Morgan fingerprint density at radius 3 is 2.68 bits per heavy atom. The molecule has 0 radical (unpaired) electrons. The third kappa shape index (κ3) is 6.23. The van der Waals surface area contributed by atoms with E-state index >= 15 is 0 Å². The molecule has 0 aromatic carbocycles. The first-order chi connectivity index (χ1) is 10.5. The molecule has 2 atom stereocenters. The lowest BCUT2D eigenvalue weighted by molar-refractivity contribution is -0.146. The quantitative estimate of drug-likeness (QED) is 0.479. The number of aryl methyl sites for hydroxylation is 1. The van der Waals surface area contributed by atoms with Crippen LogP contribution in [0.5, 0.6) is 0 Å². The number of aromatic nitrogens is 3. The number of esters is 1. The number of carbonyl (C=O) groups excluding carboxylic acids is 1. The van der Waals surface area contributed by atoms with Crippen molar-refractivity contribution < 1.29 is 17.9 Å². The Hall–Kier alpha value is -1.28. The Kier molecular flexibility index (Phi) is 8.26. The number of unbranched alkanes of at least 4 members (excludes halogenated alkanes) is 2. The summed E-state index contributed by atoms with van der Waals surface area (Å²) in [6.07, 6.45) is 6.90. The van der Waals surface area contributed by atoms with Crippen LogP contribution in [0.2, 0.25) is 0 Å². The predicted octanol–water partition coefficient (Wildman–Crippen LogP) is 1.67. The van der Waals surface area contributed by atoms with Gasteiger partial charge < -0.3 is 4.74 Å². The number of rotatable bonds is 10. The largest absolute Gasteiger partial charge is 0.467 e. The van der Waals surface area contributed by atoms with Gasteiger partial charge in [-0.25, -0.2) is 13.7 Å². The number of hydrogen-bond donors (Lipinski definition) is 0. The molecule has 0 fully saturated rings. The second-order valence-electron chi connectivity index (χ2n) is 5.44. The summed E-state index contributed by atoms with van der Waals surface area (Å²) in [5, 5.41) is 8.15. The van der Waals surface area contributed by atoms with Gasteiger partial charge in [0.2, 0.25) is 0 Å². The van der Waals surface area contributed by atoms with E-state index in [-0.39, 0.29) is 11.9 Å². The molecule has 0 saturated heterocycles. The van der Waals surface area contributed by atoms with Crippen molar-refractivity contribution in [3.05, 3.63) is 11.9 Å². The van der Waals surface area contributed by atoms with Crippen molar-refractivity contribution in [2.45, 2.75) is 45.6 Å². The Bertz CT molecular complexity index is 490. The summed E-state index contributed by atoms with van der Waals surface area (Å²) in [6, 6.07) is -0.445. The van der Waals surface area contributed by atoms with E-state index in [2.05, 4.69) is 10.3 Å². The van der Waals surface area contributed by atoms with Crippen LogP contribution in [0.25, 0.3) is 0 Å². The molecule has 1 aromatic heterocycles. The summed E-state index contributed by atoms with van der Waals surface area (Å²) in [6.45, 7) is 4.40. The zero-order valence-electron chi connectivity index (χ0n) is 13.7. The second kappa shape index (κ2) is 9.68. The minimum absolute atomic E-state index is 0.0778. The second-order valence-corrected chi connectivity index (χ2v) is 6.47. The fraction of sp³-hybridized carbons (Fsp3) is 0.786. The van der Waals surface area contributed by atoms with Gasteiger partial charge in [0.25, 0.3) is 0 Å². The highest BCUT2D eigenvalue weighted by atomic mass is 32.2. The van der Waals surface area contributed by atoms with E-state index in [1.807, 2.05) is 13.8 Å². The lowest BCUT2D eigenvalue weighted by Crippen LogP contribution is -2.26. The van der Waals surface area contributed by atoms with Crippen LogP contribution >= 0.6 is 0 Å². The van der Waals surface area contributed by atoms with Crippen LogP contribution in [0, 0.1) is 5.92 Å². The van der Waals surface area contributed by atoms with Gasteiger partial charge in [-0.05, 0) is 25.2 Å².